The Morgan fingerprint density at radius 1 is 1.78 bits per heavy atom. The van der Waals surface area contributed by atoms with Gasteiger partial charge in [0.1, 0.15) is 0 Å². The SMILES string of the molecule is CSC1=NC(C)CN1.I. The Balaban J connectivity index is 0.000000640. The van der Waals surface area contributed by atoms with Gasteiger partial charge in [-0.25, -0.2) is 0 Å². The van der Waals surface area contributed by atoms with E-state index in [9.17, 15) is 0 Å². The number of thioether (sulfide) groups is 1. The summed E-state index contributed by atoms with van der Waals surface area (Å²) in [6, 6.07) is 0.484. The van der Waals surface area contributed by atoms with E-state index in [1.165, 1.54) is 0 Å². The zero-order valence-corrected chi connectivity index (χ0v) is 8.70. The standard InChI is InChI=1S/C5H10N2S.HI/c1-4-3-6-5(7-4)8-2;/h4H,3H2,1-2H3,(H,6,7);1H. The van der Waals surface area contributed by atoms with Crippen LogP contribution in [0.5, 0.6) is 0 Å². The molecule has 0 aromatic carbocycles. The molecule has 9 heavy (non-hydrogen) atoms. The molecular formula is C5H11IN2S. The molecule has 0 amide bonds. The lowest BCUT2D eigenvalue weighted by atomic mass is 10.4. The van der Waals surface area contributed by atoms with Gasteiger partial charge in [0.25, 0.3) is 0 Å². The number of rotatable bonds is 0. The predicted octanol–water partition coefficient (Wildman–Crippen LogP) is 1.32. The Morgan fingerprint density at radius 3 is 2.67 bits per heavy atom. The highest BCUT2D eigenvalue weighted by Crippen LogP contribution is 2.03. The first-order valence-corrected chi connectivity index (χ1v) is 3.91. The molecule has 2 nitrogen and oxygen atoms in total. The van der Waals surface area contributed by atoms with Crippen LogP contribution in [0.3, 0.4) is 0 Å². The van der Waals surface area contributed by atoms with Crippen molar-refractivity contribution in [2.45, 2.75) is 13.0 Å². The van der Waals surface area contributed by atoms with Crippen molar-refractivity contribution >= 4 is 40.9 Å². The summed E-state index contributed by atoms with van der Waals surface area (Å²) in [6.07, 6.45) is 2.03. The normalized spacial score (nSPS) is 24.2. The molecular weight excluding hydrogens is 247 g/mol. The van der Waals surface area contributed by atoms with Gasteiger partial charge < -0.3 is 5.32 Å². The number of nitrogens with zero attached hydrogens (tertiary/aromatic N) is 1. The summed E-state index contributed by atoms with van der Waals surface area (Å²) < 4.78 is 0. The lowest BCUT2D eigenvalue weighted by Crippen LogP contribution is -2.16. The summed E-state index contributed by atoms with van der Waals surface area (Å²) >= 11 is 1.68. The van der Waals surface area contributed by atoms with Gasteiger partial charge in [0.05, 0.1) is 6.04 Å². The van der Waals surface area contributed by atoms with Crippen LogP contribution >= 0.6 is 35.7 Å². The third-order valence-electron chi connectivity index (χ3n) is 1.08. The van der Waals surface area contributed by atoms with Crippen molar-refractivity contribution in [1.29, 1.82) is 0 Å². The minimum absolute atomic E-state index is 0. The number of hydrogen-bond donors (Lipinski definition) is 1. The largest absolute Gasteiger partial charge is 0.363 e. The summed E-state index contributed by atoms with van der Waals surface area (Å²) in [5.41, 5.74) is 0. The molecule has 1 aliphatic heterocycles. The first kappa shape index (κ1) is 9.55. The zero-order valence-electron chi connectivity index (χ0n) is 5.55. The van der Waals surface area contributed by atoms with Crippen molar-refractivity contribution < 1.29 is 0 Å². The van der Waals surface area contributed by atoms with Crippen LogP contribution in [0.1, 0.15) is 6.92 Å². The molecule has 1 rings (SSSR count). The van der Waals surface area contributed by atoms with E-state index in [1.54, 1.807) is 11.8 Å². The van der Waals surface area contributed by atoms with Gasteiger partial charge in [0, 0.05) is 6.54 Å². The molecule has 1 atom stereocenters. The van der Waals surface area contributed by atoms with Gasteiger partial charge in [-0.05, 0) is 13.2 Å². The van der Waals surface area contributed by atoms with Crippen molar-refractivity contribution in [3.63, 3.8) is 0 Å². The first-order chi connectivity index (χ1) is 3.83. The van der Waals surface area contributed by atoms with Crippen LogP contribution in [0.15, 0.2) is 4.99 Å². The van der Waals surface area contributed by atoms with Gasteiger partial charge in [-0.15, -0.1) is 24.0 Å². The molecule has 1 aliphatic rings. The number of halogens is 1. The van der Waals surface area contributed by atoms with E-state index in [0.29, 0.717) is 6.04 Å². The molecule has 0 fully saturated rings. The molecule has 1 heterocycles. The summed E-state index contributed by atoms with van der Waals surface area (Å²) in [6.45, 7) is 3.12. The average molecular weight is 258 g/mol. The smallest absolute Gasteiger partial charge is 0.156 e. The van der Waals surface area contributed by atoms with Gasteiger partial charge in [-0.1, -0.05) is 11.8 Å². The van der Waals surface area contributed by atoms with Crippen LogP contribution in [0.2, 0.25) is 0 Å². The minimum atomic E-state index is 0. The Hall–Kier alpha value is 0.550. The summed E-state index contributed by atoms with van der Waals surface area (Å²) in [7, 11) is 0. The minimum Gasteiger partial charge on any atom is -0.363 e. The molecule has 0 bridgehead atoms. The number of amidine groups is 1. The molecule has 54 valence electrons. The van der Waals surface area contributed by atoms with Crippen molar-refractivity contribution in [1.82, 2.24) is 5.32 Å². The van der Waals surface area contributed by atoms with Gasteiger partial charge in [-0.2, -0.15) is 0 Å². The highest BCUT2D eigenvalue weighted by Gasteiger charge is 2.08. The lowest BCUT2D eigenvalue weighted by molar-refractivity contribution is 0.766. The Morgan fingerprint density at radius 2 is 2.44 bits per heavy atom. The van der Waals surface area contributed by atoms with E-state index in [2.05, 4.69) is 17.2 Å². The van der Waals surface area contributed by atoms with Gasteiger partial charge >= 0.3 is 0 Å². The molecule has 0 saturated carbocycles. The van der Waals surface area contributed by atoms with Crippen LogP contribution in [-0.2, 0) is 0 Å². The summed E-state index contributed by atoms with van der Waals surface area (Å²) in [5, 5.41) is 4.25. The molecule has 0 spiro atoms. The van der Waals surface area contributed by atoms with E-state index in [4.69, 9.17) is 0 Å². The molecule has 1 N–H and O–H groups in total. The van der Waals surface area contributed by atoms with Gasteiger partial charge in [-0.3, -0.25) is 4.99 Å². The van der Waals surface area contributed by atoms with Crippen LogP contribution in [-0.4, -0.2) is 24.0 Å². The lowest BCUT2D eigenvalue weighted by Gasteiger charge is -1.92. The Labute approximate surface area is 76.9 Å². The molecule has 4 heteroatoms. The van der Waals surface area contributed by atoms with E-state index in [1.807, 2.05) is 6.26 Å². The molecule has 0 aliphatic carbocycles. The Bertz CT molecular complexity index is 116. The maximum absolute atomic E-state index is 4.28. The predicted molar refractivity (Wildman–Crippen MR) is 53.8 cm³/mol. The van der Waals surface area contributed by atoms with E-state index in [-0.39, 0.29) is 24.0 Å². The maximum atomic E-state index is 4.28. The van der Waals surface area contributed by atoms with Gasteiger partial charge in [0.2, 0.25) is 0 Å². The van der Waals surface area contributed by atoms with Crippen molar-refractivity contribution in [3.05, 3.63) is 0 Å². The van der Waals surface area contributed by atoms with Crippen LogP contribution in [0, 0.1) is 0 Å². The van der Waals surface area contributed by atoms with Gasteiger partial charge in [0.15, 0.2) is 5.17 Å². The average Bonchev–Trinajstić information content (AvgIpc) is 2.14. The summed E-state index contributed by atoms with van der Waals surface area (Å²) in [4.78, 5) is 4.28. The molecule has 0 aromatic heterocycles. The second kappa shape index (κ2) is 4.38. The fourth-order valence-corrected chi connectivity index (χ4v) is 1.16. The molecule has 0 radical (unpaired) electrons. The highest BCUT2D eigenvalue weighted by atomic mass is 127. The third-order valence-corrected chi connectivity index (χ3v) is 1.72. The van der Waals surface area contributed by atoms with E-state index < -0.39 is 0 Å². The molecule has 0 saturated heterocycles. The van der Waals surface area contributed by atoms with E-state index >= 15 is 0 Å². The fourth-order valence-electron chi connectivity index (χ4n) is 0.651. The van der Waals surface area contributed by atoms with Crippen molar-refractivity contribution in [2.24, 2.45) is 4.99 Å². The monoisotopic (exact) mass is 258 g/mol. The van der Waals surface area contributed by atoms with Crippen molar-refractivity contribution in [2.75, 3.05) is 12.8 Å². The second-order valence-corrected chi connectivity index (χ2v) is 2.66. The quantitative estimate of drug-likeness (QED) is 0.662. The number of aliphatic imine (C=N–C) groups is 1. The van der Waals surface area contributed by atoms with Crippen LogP contribution in [0.4, 0.5) is 0 Å². The van der Waals surface area contributed by atoms with Crippen molar-refractivity contribution in [3.8, 4) is 0 Å². The first-order valence-electron chi connectivity index (χ1n) is 2.68. The number of hydrogen-bond acceptors (Lipinski definition) is 3. The zero-order chi connectivity index (χ0) is 5.98. The second-order valence-electron chi connectivity index (χ2n) is 1.87. The molecule has 1 unspecified atom stereocenters. The third kappa shape index (κ3) is 2.75. The van der Waals surface area contributed by atoms with Crippen LogP contribution < -0.4 is 5.32 Å². The topological polar surface area (TPSA) is 24.4 Å². The molecule has 0 aromatic rings. The Kier molecular flexibility index (Phi) is 4.65. The maximum Gasteiger partial charge on any atom is 0.156 e. The summed E-state index contributed by atoms with van der Waals surface area (Å²) in [5.74, 6) is 0. The van der Waals surface area contributed by atoms with Crippen LogP contribution in [0.25, 0.3) is 0 Å². The fraction of sp³-hybridized carbons (Fsp3) is 0.800. The van der Waals surface area contributed by atoms with E-state index in [0.717, 1.165) is 11.7 Å². The highest BCUT2D eigenvalue weighted by molar-refractivity contribution is 14.0. The number of nitrogens with one attached hydrogen (secondary N) is 1.